The van der Waals surface area contributed by atoms with Crippen LogP contribution in [-0.4, -0.2) is 28.7 Å². The summed E-state index contributed by atoms with van der Waals surface area (Å²) in [4.78, 5) is 15.0. The van der Waals surface area contributed by atoms with Crippen molar-refractivity contribution in [3.8, 4) is 0 Å². The molecular formula is C16H28BrNO. The molecule has 1 unspecified atom stereocenters. The van der Waals surface area contributed by atoms with Crippen LogP contribution in [0, 0.1) is 5.92 Å². The van der Waals surface area contributed by atoms with Gasteiger partial charge in [-0.2, -0.15) is 0 Å². The smallest absolute Gasteiger partial charge is 0.225 e. The van der Waals surface area contributed by atoms with Crippen molar-refractivity contribution in [2.45, 2.75) is 76.7 Å². The summed E-state index contributed by atoms with van der Waals surface area (Å²) >= 11 is 3.51. The fraction of sp³-hybridized carbons (Fsp3) is 0.938. The van der Waals surface area contributed by atoms with Gasteiger partial charge < -0.3 is 4.90 Å². The number of nitrogens with zero attached hydrogens (tertiary/aromatic N) is 1. The standard InChI is InChI=1S/C16H28BrNO/c17-12-6-10-15-11-7-13-18(15)16(19)14-8-4-2-1-3-5-9-14/h14-15H,1-13H2. The Hall–Kier alpha value is -0.0500. The van der Waals surface area contributed by atoms with E-state index in [-0.39, 0.29) is 0 Å². The summed E-state index contributed by atoms with van der Waals surface area (Å²) in [6.45, 7) is 1.02. The van der Waals surface area contributed by atoms with Gasteiger partial charge in [0, 0.05) is 23.8 Å². The Morgan fingerprint density at radius 2 is 1.68 bits per heavy atom. The van der Waals surface area contributed by atoms with Crippen molar-refractivity contribution >= 4 is 21.8 Å². The lowest BCUT2D eigenvalue weighted by atomic mass is 9.90. The molecule has 1 atom stereocenters. The summed E-state index contributed by atoms with van der Waals surface area (Å²) in [7, 11) is 0. The summed E-state index contributed by atoms with van der Waals surface area (Å²) in [6.07, 6.45) is 13.7. The van der Waals surface area contributed by atoms with Crippen LogP contribution in [0.4, 0.5) is 0 Å². The molecule has 1 aliphatic heterocycles. The second-order valence-electron chi connectivity index (χ2n) is 6.20. The van der Waals surface area contributed by atoms with Crippen molar-refractivity contribution in [3.63, 3.8) is 0 Å². The van der Waals surface area contributed by atoms with Gasteiger partial charge in [0.2, 0.25) is 5.91 Å². The number of hydrogen-bond acceptors (Lipinski definition) is 1. The van der Waals surface area contributed by atoms with E-state index in [0.717, 1.165) is 24.7 Å². The molecule has 0 spiro atoms. The third-order valence-electron chi connectivity index (χ3n) is 4.79. The van der Waals surface area contributed by atoms with Crippen LogP contribution in [0.5, 0.6) is 0 Å². The van der Waals surface area contributed by atoms with Gasteiger partial charge in [-0.1, -0.05) is 48.0 Å². The number of amides is 1. The van der Waals surface area contributed by atoms with Crippen molar-refractivity contribution in [3.05, 3.63) is 0 Å². The Morgan fingerprint density at radius 3 is 2.37 bits per heavy atom. The summed E-state index contributed by atoms with van der Waals surface area (Å²) in [5.41, 5.74) is 0. The van der Waals surface area contributed by atoms with Gasteiger partial charge in [0.25, 0.3) is 0 Å². The monoisotopic (exact) mass is 329 g/mol. The molecule has 2 aliphatic rings. The van der Waals surface area contributed by atoms with E-state index in [1.165, 1.54) is 57.8 Å². The minimum atomic E-state index is 0.338. The van der Waals surface area contributed by atoms with Gasteiger partial charge in [-0.25, -0.2) is 0 Å². The van der Waals surface area contributed by atoms with Crippen LogP contribution in [0.1, 0.15) is 70.6 Å². The van der Waals surface area contributed by atoms with Crippen LogP contribution in [-0.2, 0) is 4.79 Å². The predicted octanol–water partition coefficient (Wildman–Crippen LogP) is 4.51. The number of likely N-dealkylation sites (tertiary alicyclic amines) is 1. The maximum atomic E-state index is 12.8. The van der Waals surface area contributed by atoms with Crippen molar-refractivity contribution < 1.29 is 4.79 Å². The van der Waals surface area contributed by atoms with E-state index in [1.54, 1.807) is 0 Å². The topological polar surface area (TPSA) is 20.3 Å². The molecule has 1 amide bonds. The molecule has 0 aromatic heterocycles. The zero-order chi connectivity index (χ0) is 13.5. The van der Waals surface area contributed by atoms with Crippen LogP contribution in [0.25, 0.3) is 0 Å². The van der Waals surface area contributed by atoms with Crippen LogP contribution >= 0.6 is 15.9 Å². The molecule has 0 radical (unpaired) electrons. The fourth-order valence-corrected chi connectivity index (χ4v) is 4.00. The van der Waals surface area contributed by atoms with E-state index >= 15 is 0 Å². The molecule has 1 saturated carbocycles. The van der Waals surface area contributed by atoms with Crippen LogP contribution in [0.3, 0.4) is 0 Å². The molecule has 0 N–H and O–H groups in total. The maximum absolute atomic E-state index is 12.8. The highest BCUT2D eigenvalue weighted by Crippen LogP contribution is 2.29. The fourth-order valence-electron chi connectivity index (χ4n) is 3.68. The minimum absolute atomic E-state index is 0.338. The van der Waals surface area contributed by atoms with Gasteiger partial charge in [0.15, 0.2) is 0 Å². The van der Waals surface area contributed by atoms with E-state index in [4.69, 9.17) is 0 Å². The Balaban J connectivity index is 1.88. The number of alkyl halides is 1. The molecule has 1 heterocycles. The lowest BCUT2D eigenvalue weighted by Gasteiger charge is -2.29. The highest BCUT2D eigenvalue weighted by atomic mass is 79.9. The molecule has 1 saturated heterocycles. The normalized spacial score (nSPS) is 26.2. The van der Waals surface area contributed by atoms with E-state index in [1.807, 2.05) is 0 Å². The number of carbonyl (C=O) groups is 1. The molecular weight excluding hydrogens is 302 g/mol. The molecule has 0 aromatic rings. The first-order valence-electron chi connectivity index (χ1n) is 8.19. The first kappa shape index (κ1) is 15.3. The number of hydrogen-bond donors (Lipinski definition) is 0. The Kier molecular flexibility index (Phi) is 6.69. The molecule has 0 aromatic carbocycles. The lowest BCUT2D eigenvalue weighted by molar-refractivity contribution is -0.137. The van der Waals surface area contributed by atoms with Crippen molar-refractivity contribution in [1.82, 2.24) is 4.90 Å². The molecule has 2 rings (SSSR count). The highest BCUT2D eigenvalue weighted by molar-refractivity contribution is 9.09. The van der Waals surface area contributed by atoms with Gasteiger partial charge >= 0.3 is 0 Å². The second kappa shape index (κ2) is 8.28. The van der Waals surface area contributed by atoms with Gasteiger partial charge in [0.1, 0.15) is 0 Å². The molecule has 110 valence electrons. The molecule has 0 bridgehead atoms. The van der Waals surface area contributed by atoms with Crippen LogP contribution in [0.15, 0.2) is 0 Å². The zero-order valence-electron chi connectivity index (χ0n) is 12.1. The summed E-state index contributed by atoms with van der Waals surface area (Å²) in [6, 6.07) is 0.537. The number of rotatable bonds is 4. The summed E-state index contributed by atoms with van der Waals surface area (Å²) in [5.74, 6) is 0.823. The largest absolute Gasteiger partial charge is 0.339 e. The first-order chi connectivity index (χ1) is 9.33. The SMILES string of the molecule is O=C(C1CCCCCCC1)N1CCCC1CCCBr. The van der Waals surface area contributed by atoms with Crippen LogP contribution in [0.2, 0.25) is 0 Å². The van der Waals surface area contributed by atoms with Gasteiger partial charge in [-0.3, -0.25) is 4.79 Å². The second-order valence-corrected chi connectivity index (χ2v) is 6.99. The van der Waals surface area contributed by atoms with Gasteiger partial charge in [0.05, 0.1) is 0 Å². The van der Waals surface area contributed by atoms with Crippen molar-refractivity contribution in [2.75, 3.05) is 11.9 Å². The zero-order valence-corrected chi connectivity index (χ0v) is 13.7. The quantitative estimate of drug-likeness (QED) is 0.694. The van der Waals surface area contributed by atoms with Gasteiger partial charge in [-0.15, -0.1) is 0 Å². The van der Waals surface area contributed by atoms with E-state index in [9.17, 15) is 4.79 Å². The van der Waals surface area contributed by atoms with E-state index in [0.29, 0.717) is 17.9 Å². The van der Waals surface area contributed by atoms with Gasteiger partial charge in [-0.05, 0) is 38.5 Å². The first-order valence-corrected chi connectivity index (χ1v) is 9.31. The van der Waals surface area contributed by atoms with Crippen molar-refractivity contribution in [1.29, 1.82) is 0 Å². The molecule has 3 heteroatoms. The molecule has 2 fully saturated rings. The average Bonchev–Trinajstić information content (AvgIpc) is 2.83. The minimum Gasteiger partial charge on any atom is -0.339 e. The molecule has 1 aliphatic carbocycles. The molecule has 19 heavy (non-hydrogen) atoms. The third kappa shape index (κ3) is 4.47. The summed E-state index contributed by atoms with van der Waals surface area (Å²) < 4.78 is 0. The Bertz CT molecular complexity index is 274. The van der Waals surface area contributed by atoms with Crippen molar-refractivity contribution in [2.24, 2.45) is 5.92 Å². The Labute approximate surface area is 126 Å². The Morgan fingerprint density at radius 1 is 1.00 bits per heavy atom. The van der Waals surface area contributed by atoms with E-state index in [2.05, 4.69) is 20.8 Å². The maximum Gasteiger partial charge on any atom is 0.225 e. The predicted molar refractivity (Wildman–Crippen MR) is 83.6 cm³/mol. The lowest BCUT2D eigenvalue weighted by Crippen LogP contribution is -2.40. The molecule has 2 nitrogen and oxygen atoms in total. The highest BCUT2D eigenvalue weighted by Gasteiger charge is 2.32. The van der Waals surface area contributed by atoms with E-state index < -0.39 is 0 Å². The average molecular weight is 330 g/mol. The number of carbonyl (C=O) groups excluding carboxylic acids is 1. The third-order valence-corrected chi connectivity index (χ3v) is 5.35. The van der Waals surface area contributed by atoms with Crippen LogP contribution < -0.4 is 0 Å². The summed E-state index contributed by atoms with van der Waals surface area (Å²) in [5, 5.41) is 1.06. The number of halogens is 1.